The molecule has 2 amide bonds. The zero-order chi connectivity index (χ0) is 18.0. The molecular weight excluding hydrogens is 365 g/mol. The summed E-state index contributed by atoms with van der Waals surface area (Å²) >= 11 is 12.0. The van der Waals surface area contributed by atoms with Crippen LogP contribution in [-0.2, 0) is 0 Å². The summed E-state index contributed by atoms with van der Waals surface area (Å²) in [5.41, 5.74) is 0.705. The Morgan fingerprint density at radius 2 is 1.72 bits per heavy atom. The first-order valence-corrected chi connectivity index (χ1v) is 8.68. The normalized spacial score (nSPS) is 15.2. The molecule has 6 nitrogen and oxygen atoms in total. The Balaban J connectivity index is 1.69. The Hall–Kier alpha value is -2.05. The third-order valence-corrected chi connectivity index (χ3v) is 4.63. The van der Waals surface area contributed by atoms with Gasteiger partial charge in [-0.15, -0.1) is 0 Å². The number of rotatable bonds is 2. The van der Waals surface area contributed by atoms with Crippen molar-refractivity contribution >= 4 is 35.0 Å². The van der Waals surface area contributed by atoms with E-state index in [1.165, 1.54) is 0 Å². The van der Waals surface area contributed by atoms with E-state index in [1.54, 1.807) is 41.0 Å². The lowest BCUT2D eigenvalue weighted by Gasteiger charge is -2.22. The molecule has 0 aliphatic carbocycles. The van der Waals surface area contributed by atoms with E-state index in [0.717, 1.165) is 0 Å². The van der Waals surface area contributed by atoms with Crippen LogP contribution in [0.15, 0.2) is 28.8 Å². The average Bonchev–Trinajstić information content (AvgIpc) is 2.86. The van der Waals surface area contributed by atoms with Crippen LogP contribution < -0.4 is 0 Å². The fraction of sp³-hybridized carbons (Fsp3) is 0.353. The van der Waals surface area contributed by atoms with E-state index in [0.29, 0.717) is 54.0 Å². The van der Waals surface area contributed by atoms with Gasteiger partial charge in [0.1, 0.15) is 5.76 Å². The van der Waals surface area contributed by atoms with Crippen LogP contribution in [0.1, 0.15) is 33.0 Å². The summed E-state index contributed by atoms with van der Waals surface area (Å²) in [6, 6.07) is 6.43. The van der Waals surface area contributed by atoms with Crippen LogP contribution in [-0.4, -0.2) is 52.9 Å². The molecular formula is C17H17Cl2N3O3. The van der Waals surface area contributed by atoms with Gasteiger partial charge in [-0.1, -0.05) is 28.4 Å². The first kappa shape index (κ1) is 17.8. The number of amides is 2. The molecule has 0 saturated carbocycles. The lowest BCUT2D eigenvalue weighted by molar-refractivity contribution is 0.0713. The molecule has 1 aliphatic heterocycles. The van der Waals surface area contributed by atoms with Gasteiger partial charge in [0.2, 0.25) is 0 Å². The van der Waals surface area contributed by atoms with E-state index < -0.39 is 0 Å². The van der Waals surface area contributed by atoms with Crippen molar-refractivity contribution in [2.75, 3.05) is 26.2 Å². The predicted octanol–water partition coefficient (Wildman–Crippen LogP) is 3.28. The zero-order valence-electron chi connectivity index (χ0n) is 13.7. The molecule has 2 aromatic rings. The monoisotopic (exact) mass is 381 g/mol. The van der Waals surface area contributed by atoms with Crippen molar-refractivity contribution in [2.24, 2.45) is 0 Å². The van der Waals surface area contributed by atoms with E-state index in [4.69, 9.17) is 27.7 Å². The van der Waals surface area contributed by atoms with Gasteiger partial charge >= 0.3 is 0 Å². The van der Waals surface area contributed by atoms with Crippen LogP contribution in [0.5, 0.6) is 0 Å². The number of hydrogen-bond acceptors (Lipinski definition) is 4. The molecule has 2 heterocycles. The molecule has 0 unspecified atom stereocenters. The number of halogens is 2. The predicted molar refractivity (Wildman–Crippen MR) is 94.1 cm³/mol. The fourth-order valence-electron chi connectivity index (χ4n) is 2.79. The van der Waals surface area contributed by atoms with Crippen molar-refractivity contribution in [2.45, 2.75) is 13.3 Å². The van der Waals surface area contributed by atoms with Gasteiger partial charge in [-0.25, -0.2) is 0 Å². The summed E-state index contributed by atoms with van der Waals surface area (Å²) in [7, 11) is 0. The number of hydrogen-bond donors (Lipinski definition) is 0. The molecule has 1 aromatic carbocycles. The second-order valence-corrected chi connectivity index (χ2v) is 6.73. The van der Waals surface area contributed by atoms with Gasteiger partial charge in [0, 0.05) is 37.3 Å². The van der Waals surface area contributed by atoms with Crippen molar-refractivity contribution in [1.29, 1.82) is 0 Å². The SMILES string of the molecule is Cc1cc(C(=O)N2CCCN(C(=O)c3ccc(Cl)cc3Cl)CC2)no1. The first-order chi connectivity index (χ1) is 12.0. The molecule has 3 rings (SSSR count). The van der Waals surface area contributed by atoms with E-state index in [2.05, 4.69) is 5.16 Å². The summed E-state index contributed by atoms with van der Waals surface area (Å²) in [4.78, 5) is 28.6. The van der Waals surface area contributed by atoms with Gasteiger partial charge in [-0.3, -0.25) is 9.59 Å². The average molecular weight is 382 g/mol. The Bertz CT molecular complexity index is 806. The number of carbonyl (C=O) groups excluding carboxylic acids is 2. The number of aryl methyl sites for hydroxylation is 1. The maximum Gasteiger partial charge on any atom is 0.276 e. The van der Waals surface area contributed by atoms with Crippen LogP contribution in [0.4, 0.5) is 0 Å². The molecule has 0 atom stereocenters. The summed E-state index contributed by atoms with van der Waals surface area (Å²) in [6.07, 6.45) is 0.680. The molecule has 1 aromatic heterocycles. The maximum absolute atomic E-state index is 12.7. The topological polar surface area (TPSA) is 66.7 Å². The highest BCUT2D eigenvalue weighted by atomic mass is 35.5. The Kier molecular flexibility index (Phi) is 5.30. The fourth-order valence-corrected chi connectivity index (χ4v) is 3.28. The number of aromatic nitrogens is 1. The number of benzene rings is 1. The molecule has 0 radical (unpaired) electrons. The molecule has 1 aliphatic rings. The van der Waals surface area contributed by atoms with Crippen molar-refractivity contribution in [3.8, 4) is 0 Å². The molecule has 8 heteroatoms. The van der Waals surface area contributed by atoms with Crippen LogP contribution in [0.25, 0.3) is 0 Å². The Morgan fingerprint density at radius 1 is 1.04 bits per heavy atom. The Morgan fingerprint density at radius 3 is 2.32 bits per heavy atom. The zero-order valence-corrected chi connectivity index (χ0v) is 15.2. The maximum atomic E-state index is 12.7. The number of nitrogens with zero attached hydrogens (tertiary/aromatic N) is 3. The highest BCUT2D eigenvalue weighted by Crippen LogP contribution is 2.23. The smallest absolute Gasteiger partial charge is 0.276 e. The van der Waals surface area contributed by atoms with Crippen LogP contribution >= 0.6 is 23.2 Å². The highest BCUT2D eigenvalue weighted by molar-refractivity contribution is 6.36. The molecule has 132 valence electrons. The second kappa shape index (κ2) is 7.45. The lowest BCUT2D eigenvalue weighted by Crippen LogP contribution is -2.37. The molecule has 1 fully saturated rings. The summed E-state index contributed by atoms with van der Waals surface area (Å²) in [5, 5.41) is 4.58. The third-order valence-electron chi connectivity index (χ3n) is 4.08. The largest absolute Gasteiger partial charge is 0.361 e. The van der Waals surface area contributed by atoms with Crippen molar-refractivity contribution in [3.05, 3.63) is 51.3 Å². The van der Waals surface area contributed by atoms with Crippen LogP contribution in [0, 0.1) is 6.92 Å². The van der Waals surface area contributed by atoms with E-state index in [-0.39, 0.29) is 17.5 Å². The van der Waals surface area contributed by atoms with Crippen LogP contribution in [0.3, 0.4) is 0 Å². The van der Waals surface area contributed by atoms with Gasteiger partial charge in [-0.05, 0) is 31.5 Å². The highest BCUT2D eigenvalue weighted by Gasteiger charge is 2.25. The molecule has 25 heavy (non-hydrogen) atoms. The van der Waals surface area contributed by atoms with E-state index in [9.17, 15) is 9.59 Å². The molecule has 0 bridgehead atoms. The Labute approximate surface area is 155 Å². The van der Waals surface area contributed by atoms with E-state index in [1.807, 2.05) is 0 Å². The van der Waals surface area contributed by atoms with Gasteiger partial charge in [0.05, 0.1) is 10.6 Å². The quantitative estimate of drug-likeness (QED) is 0.800. The molecule has 0 N–H and O–H groups in total. The standard InChI is InChI=1S/C17H17Cl2N3O3/c1-11-9-15(20-25-11)17(24)22-6-2-5-21(7-8-22)16(23)13-4-3-12(18)10-14(13)19/h3-4,9-10H,2,5-8H2,1H3. The number of carbonyl (C=O) groups is 2. The first-order valence-electron chi connectivity index (χ1n) is 7.92. The van der Waals surface area contributed by atoms with Gasteiger partial charge < -0.3 is 14.3 Å². The minimum atomic E-state index is -0.185. The summed E-state index contributed by atoms with van der Waals surface area (Å²) < 4.78 is 4.96. The summed E-state index contributed by atoms with van der Waals surface area (Å²) in [6.45, 7) is 3.72. The third kappa shape index (κ3) is 3.96. The molecule has 1 saturated heterocycles. The lowest BCUT2D eigenvalue weighted by atomic mass is 10.2. The molecule has 0 spiro atoms. The summed E-state index contributed by atoms with van der Waals surface area (Å²) in [5.74, 6) is 0.247. The van der Waals surface area contributed by atoms with Crippen molar-refractivity contribution in [3.63, 3.8) is 0 Å². The minimum absolute atomic E-state index is 0.159. The van der Waals surface area contributed by atoms with Gasteiger partial charge in [-0.2, -0.15) is 0 Å². The van der Waals surface area contributed by atoms with E-state index >= 15 is 0 Å². The van der Waals surface area contributed by atoms with Gasteiger partial charge in [0.15, 0.2) is 5.69 Å². The minimum Gasteiger partial charge on any atom is -0.361 e. The van der Waals surface area contributed by atoms with Crippen molar-refractivity contribution < 1.29 is 14.1 Å². The van der Waals surface area contributed by atoms with Gasteiger partial charge in [0.25, 0.3) is 11.8 Å². The van der Waals surface area contributed by atoms with Crippen LogP contribution in [0.2, 0.25) is 10.0 Å². The van der Waals surface area contributed by atoms with Crippen molar-refractivity contribution in [1.82, 2.24) is 15.0 Å². The second-order valence-electron chi connectivity index (χ2n) is 5.88.